The first-order valence-electron chi connectivity index (χ1n) is 10.8. The molecule has 0 radical (unpaired) electrons. The van der Waals surface area contributed by atoms with Crippen LogP contribution >= 0.6 is 0 Å². The molecule has 0 aromatic heterocycles. The van der Waals surface area contributed by atoms with Crippen molar-refractivity contribution in [2.75, 3.05) is 18.5 Å². The lowest BCUT2D eigenvalue weighted by Crippen LogP contribution is -2.13. The molecule has 0 bridgehead atoms. The van der Waals surface area contributed by atoms with Crippen LogP contribution < -0.4 is 10.1 Å². The molecule has 6 nitrogen and oxygen atoms in total. The Morgan fingerprint density at radius 3 is 2.15 bits per heavy atom. The number of hydrogen-bond acceptors (Lipinski definition) is 5. The van der Waals surface area contributed by atoms with E-state index < -0.39 is 5.97 Å². The Labute approximate surface area is 201 Å². The molecule has 3 rings (SSSR count). The van der Waals surface area contributed by atoms with Crippen LogP contribution in [0.1, 0.15) is 28.4 Å². The molecule has 0 saturated heterocycles. The quantitative estimate of drug-likeness (QED) is 0.192. The van der Waals surface area contributed by atoms with Crippen LogP contribution in [0.5, 0.6) is 5.75 Å². The van der Waals surface area contributed by atoms with Crippen molar-refractivity contribution in [2.45, 2.75) is 20.8 Å². The fraction of sp³-hybridized carbons (Fsp3) is 0.179. The van der Waals surface area contributed by atoms with Crippen LogP contribution in [0.15, 0.2) is 89.9 Å². The first-order chi connectivity index (χ1) is 16.3. The van der Waals surface area contributed by atoms with Crippen molar-refractivity contribution in [1.82, 2.24) is 0 Å². The maximum Gasteiger partial charge on any atom is 0.333 e. The topological polar surface area (TPSA) is 77.0 Å². The van der Waals surface area contributed by atoms with Crippen molar-refractivity contribution in [2.24, 2.45) is 4.99 Å². The predicted molar refractivity (Wildman–Crippen MR) is 137 cm³/mol. The zero-order chi connectivity index (χ0) is 24.9. The van der Waals surface area contributed by atoms with Gasteiger partial charge >= 0.3 is 5.97 Å². The molecule has 1 amide bonds. The number of aliphatic imine (C=N–C) groups is 1. The van der Waals surface area contributed by atoms with E-state index in [2.05, 4.69) is 42.7 Å². The van der Waals surface area contributed by atoms with Crippen molar-refractivity contribution in [1.29, 1.82) is 0 Å². The lowest BCUT2D eigenvalue weighted by atomic mass is 10.1. The molecule has 0 atom stereocenters. The molecule has 0 aliphatic rings. The average Bonchev–Trinajstić information content (AvgIpc) is 2.84. The van der Waals surface area contributed by atoms with Crippen LogP contribution in [0.25, 0.3) is 0 Å². The lowest BCUT2D eigenvalue weighted by Gasteiger charge is -2.10. The largest absolute Gasteiger partial charge is 0.490 e. The lowest BCUT2D eigenvalue weighted by molar-refractivity contribution is -0.139. The van der Waals surface area contributed by atoms with Gasteiger partial charge in [-0.1, -0.05) is 42.5 Å². The minimum absolute atomic E-state index is 0.128. The van der Waals surface area contributed by atoms with E-state index in [0.29, 0.717) is 22.6 Å². The van der Waals surface area contributed by atoms with Gasteiger partial charge in [0.05, 0.1) is 5.69 Å². The molecule has 176 valence electrons. The Bertz CT molecular complexity index is 1120. The van der Waals surface area contributed by atoms with Gasteiger partial charge in [-0.2, -0.15) is 0 Å². The van der Waals surface area contributed by atoms with E-state index in [1.807, 2.05) is 31.2 Å². The smallest absolute Gasteiger partial charge is 0.333 e. The minimum atomic E-state index is -0.446. The van der Waals surface area contributed by atoms with Gasteiger partial charge in [0.25, 0.3) is 5.91 Å². The van der Waals surface area contributed by atoms with Gasteiger partial charge in [0.15, 0.2) is 0 Å². The predicted octanol–water partition coefficient (Wildman–Crippen LogP) is 6.07. The number of nitrogens with zero attached hydrogens (tertiary/aromatic N) is 1. The summed E-state index contributed by atoms with van der Waals surface area (Å²) in [6.07, 6.45) is 0. The van der Waals surface area contributed by atoms with Gasteiger partial charge in [0, 0.05) is 16.8 Å². The Kier molecular flexibility index (Phi) is 10.3. The monoisotopic (exact) mass is 458 g/mol. The number of carbonyl (C=O) groups excluding carboxylic acids is 2. The number of benzene rings is 3. The minimum Gasteiger partial charge on any atom is -0.490 e. The highest BCUT2D eigenvalue weighted by atomic mass is 16.6. The molecule has 0 unspecified atom stereocenters. The summed E-state index contributed by atoms with van der Waals surface area (Å²) < 4.78 is 10.4. The molecule has 0 aliphatic heterocycles. The third-order valence-electron chi connectivity index (χ3n) is 4.63. The molecule has 0 saturated carbocycles. The van der Waals surface area contributed by atoms with Crippen molar-refractivity contribution >= 4 is 30.0 Å². The van der Waals surface area contributed by atoms with E-state index >= 15 is 0 Å². The van der Waals surface area contributed by atoms with Gasteiger partial charge < -0.3 is 14.8 Å². The number of aryl methyl sites for hydroxylation is 2. The number of anilines is 1. The van der Waals surface area contributed by atoms with Crippen LogP contribution in [0, 0.1) is 13.8 Å². The Balaban J connectivity index is 0.000000497. The van der Waals surface area contributed by atoms with Gasteiger partial charge in [-0.15, -0.1) is 0 Å². The fourth-order valence-corrected chi connectivity index (χ4v) is 2.73. The van der Waals surface area contributed by atoms with Crippen LogP contribution in [0.2, 0.25) is 0 Å². The summed E-state index contributed by atoms with van der Waals surface area (Å²) in [5, 5.41) is 2.87. The van der Waals surface area contributed by atoms with Gasteiger partial charge in [-0.25, -0.2) is 4.79 Å². The van der Waals surface area contributed by atoms with E-state index in [0.717, 1.165) is 11.3 Å². The second-order valence-corrected chi connectivity index (χ2v) is 7.56. The number of esters is 1. The van der Waals surface area contributed by atoms with Crippen LogP contribution in [-0.4, -0.2) is 31.8 Å². The zero-order valence-electron chi connectivity index (χ0n) is 19.8. The van der Waals surface area contributed by atoms with E-state index in [-0.39, 0.29) is 19.1 Å². The first-order valence-corrected chi connectivity index (χ1v) is 10.8. The molecule has 3 aromatic carbocycles. The Morgan fingerprint density at radius 2 is 1.62 bits per heavy atom. The number of rotatable bonds is 8. The molecular weight excluding hydrogens is 428 g/mol. The molecule has 34 heavy (non-hydrogen) atoms. The first kappa shape index (κ1) is 26.1. The molecular formula is C28H30N2O4. The van der Waals surface area contributed by atoms with Crippen LogP contribution in [0.3, 0.4) is 0 Å². The van der Waals surface area contributed by atoms with Gasteiger partial charge in [-0.3, -0.25) is 9.79 Å². The van der Waals surface area contributed by atoms with Gasteiger partial charge in [0.1, 0.15) is 19.0 Å². The maximum absolute atomic E-state index is 12.4. The average molecular weight is 459 g/mol. The molecule has 0 heterocycles. The molecule has 0 spiro atoms. The number of carbonyl (C=O) groups is 2. The van der Waals surface area contributed by atoms with Crippen molar-refractivity contribution in [3.8, 4) is 5.75 Å². The summed E-state index contributed by atoms with van der Waals surface area (Å²) in [6, 6.07) is 22.4. The van der Waals surface area contributed by atoms with E-state index in [4.69, 9.17) is 9.47 Å². The second-order valence-electron chi connectivity index (χ2n) is 7.56. The SMILES string of the molecule is C=Nc1ccc(NC(=O)c2ccc(OCCOC(=O)C(=C)C)cc2)c(C)c1.Cc1ccccc1. The summed E-state index contributed by atoms with van der Waals surface area (Å²) in [4.78, 5) is 27.5. The second kappa shape index (κ2) is 13.4. The van der Waals surface area contributed by atoms with Crippen molar-refractivity contribution in [3.05, 3.63) is 102 Å². The number of hydrogen-bond donors (Lipinski definition) is 1. The third-order valence-corrected chi connectivity index (χ3v) is 4.63. The van der Waals surface area contributed by atoms with Gasteiger partial charge in [0.2, 0.25) is 0 Å². The standard InChI is InChI=1S/C21H22N2O4.C7H8/c1-14(2)21(25)27-12-11-26-18-8-5-16(6-9-18)20(24)23-19-10-7-17(22-4)13-15(19)3;1-7-5-3-2-4-6-7/h5-10,13H,1,4,11-12H2,2-3H3,(H,23,24);2-6H,1H3. The molecule has 1 N–H and O–H groups in total. The number of amides is 1. The van der Waals surface area contributed by atoms with E-state index in [1.54, 1.807) is 43.3 Å². The molecule has 0 fully saturated rings. The van der Waals surface area contributed by atoms with Crippen LogP contribution in [0.4, 0.5) is 11.4 Å². The number of nitrogens with one attached hydrogen (secondary N) is 1. The molecule has 3 aromatic rings. The van der Waals surface area contributed by atoms with Crippen LogP contribution in [-0.2, 0) is 9.53 Å². The van der Waals surface area contributed by atoms with E-state index in [9.17, 15) is 9.59 Å². The highest BCUT2D eigenvalue weighted by molar-refractivity contribution is 6.04. The molecule has 6 heteroatoms. The Morgan fingerprint density at radius 1 is 0.941 bits per heavy atom. The summed E-state index contributed by atoms with van der Waals surface area (Å²) in [6.45, 7) is 12.9. The zero-order valence-corrected chi connectivity index (χ0v) is 19.8. The highest BCUT2D eigenvalue weighted by Crippen LogP contribution is 2.22. The van der Waals surface area contributed by atoms with E-state index in [1.165, 1.54) is 5.56 Å². The summed E-state index contributed by atoms with van der Waals surface area (Å²) in [5.41, 5.74) is 4.53. The van der Waals surface area contributed by atoms with Crippen molar-refractivity contribution in [3.63, 3.8) is 0 Å². The number of ether oxygens (including phenoxy) is 2. The van der Waals surface area contributed by atoms with Crippen molar-refractivity contribution < 1.29 is 19.1 Å². The maximum atomic E-state index is 12.4. The third kappa shape index (κ3) is 8.74. The van der Waals surface area contributed by atoms with Gasteiger partial charge in [-0.05, 0) is 75.5 Å². The summed E-state index contributed by atoms with van der Waals surface area (Å²) in [7, 11) is 0. The summed E-state index contributed by atoms with van der Waals surface area (Å²) in [5.74, 6) is -0.0901. The highest BCUT2D eigenvalue weighted by Gasteiger charge is 2.09. The Hall–Kier alpha value is -4.19. The summed E-state index contributed by atoms with van der Waals surface area (Å²) >= 11 is 0. The normalized spacial score (nSPS) is 9.74. The fourth-order valence-electron chi connectivity index (χ4n) is 2.73. The molecule has 0 aliphatic carbocycles.